The molecule has 1 amide bonds. The molecule has 1 saturated heterocycles. The summed E-state index contributed by atoms with van der Waals surface area (Å²) in [6.07, 6.45) is 7.33. The number of amides is 1. The lowest BCUT2D eigenvalue weighted by molar-refractivity contribution is -0.126. The van der Waals surface area contributed by atoms with Gasteiger partial charge in [0.2, 0.25) is 5.91 Å². The Hall–Kier alpha value is -3.17. The minimum Gasteiger partial charge on any atom is -0.344 e. The zero-order valence-electron chi connectivity index (χ0n) is 17.8. The highest BCUT2D eigenvalue weighted by Crippen LogP contribution is 2.28. The summed E-state index contributed by atoms with van der Waals surface area (Å²) in [5.41, 5.74) is 3.25. The van der Waals surface area contributed by atoms with Gasteiger partial charge in [-0.3, -0.25) is 9.69 Å². The van der Waals surface area contributed by atoms with E-state index in [0.717, 1.165) is 54.9 Å². The first kappa shape index (κ1) is 21.1. The average Bonchev–Trinajstić information content (AvgIpc) is 3.21. The van der Waals surface area contributed by atoms with Gasteiger partial charge in [0.25, 0.3) is 0 Å². The van der Waals surface area contributed by atoms with E-state index in [1.165, 1.54) is 30.1 Å². The SMILES string of the molecule is CN(C#N)C(=O)Cc1ccc2ccn(C3CCN(CCc4ccc(F)cc4)CC3)c2c1. The molecule has 1 fully saturated rings. The van der Waals surface area contributed by atoms with Gasteiger partial charge in [-0.2, -0.15) is 5.26 Å². The molecule has 0 saturated carbocycles. The summed E-state index contributed by atoms with van der Waals surface area (Å²) in [4.78, 5) is 15.6. The Bertz CT molecular complexity index is 1090. The van der Waals surface area contributed by atoms with Crippen molar-refractivity contribution in [1.29, 1.82) is 5.26 Å². The normalized spacial score (nSPS) is 15.1. The minimum absolute atomic E-state index is 0.187. The van der Waals surface area contributed by atoms with Crippen molar-refractivity contribution >= 4 is 16.8 Å². The fourth-order valence-electron chi connectivity index (χ4n) is 4.33. The summed E-state index contributed by atoms with van der Waals surface area (Å²) in [5, 5.41) is 10.1. The monoisotopic (exact) mass is 418 g/mol. The fraction of sp³-hybridized carbons (Fsp3) is 0.360. The third kappa shape index (κ3) is 4.95. The van der Waals surface area contributed by atoms with Gasteiger partial charge in [-0.1, -0.05) is 24.3 Å². The molecule has 2 aromatic carbocycles. The standard InChI is InChI=1S/C25H27FN4O/c1-28(18-27)25(31)17-20-2-5-21-9-15-30(24(21)16-20)23-10-13-29(14-11-23)12-8-19-3-6-22(26)7-4-19/h2-7,9,15-16,23H,8,10-14,17H2,1H3. The molecule has 0 bridgehead atoms. The maximum Gasteiger partial charge on any atom is 0.239 e. The highest BCUT2D eigenvalue weighted by atomic mass is 19.1. The van der Waals surface area contributed by atoms with Gasteiger partial charge in [-0.25, -0.2) is 4.39 Å². The van der Waals surface area contributed by atoms with Crippen LogP contribution in [0.3, 0.4) is 0 Å². The third-order valence-corrected chi connectivity index (χ3v) is 6.25. The summed E-state index contributed by atoms with van der Waals surface area (Å²) >= 11 is 0. The summed E-state index contributed by atoms with van der Waals surface area (Å²) in [7, 11) is 1.49. The van der Waals surface area contributed by atoms with Crippen molar-refractivity contribution in [2.75, 3.05) is 26.7 Å². The molecule has 0 N–H and O–H groups in total. The fourth-order valence-corrected chi connectivity index (χ4v) is 4.33. The largest absolute Gasteiger partial charge is 0.344 e. The highest BCUT2D eigenvalue weighted by Gasteiger charge is 2.21. The van der Waals surface area contributed by atoms with E-state index >= 15 is 0 Å². The number of likely N-dealkylation sites (N-methyl/N-ethyl adjacent to an activating group) is 1. The van der Waals surface area contributed by atoms with Crippen LogP contribution in [0.25, 0.3) is 10.9 Å². The number of rotatable bonds is 6. The van der Waals surface area contributed by atoms with Crippen molar-refractivity contribution in [2.45, 2.75) is 31.7 Å². The van der Waals surface area contributed by atoms with Gasteiger partial charge in [-0.05, 0) is 60.0 Å². The summed E-state index contributed by atoms with van der Waals surface area (Å²) in [6.45, 7) is 3.07. The van der Waals surface area contributed by atoms with E-state index in [2.05, 4.69) is 33.9 Å². The number of nitriles is 1. The van der Waals surface area contributed by atoms with E-state index in [-0.39, 0.29) is 18.1 Å². The van der Waals surface area contributed by atoms with Gasteiger partial charge in [0.1, 0.15) is 5.82 Å². The lowest BCUT2D eigenvalue weighted by atomic mass is 10.0. The van der Waals surface area contributed by atoms with E-state index < -0.39 is 0 Å². The number of aromatic nitrogens is 1. The molecule has 0 unspecified atom stereocenters. The number of likely N-dealkylation sites (tertiary alicyclic amines) is 1. The van der Waals surface area contributed by atoms with Crippen LogP contribution in [0.4, 0.5) is 4.39 Å². The maximum atomic E-state index is 13.1. The number of halogens is 1. The van der Waals surface area contributed by atoms with Crippen LogP contribution in [-0.2, 0) is 17.6 Å². The first-order valence-corrected chi connectivity index (χ1v) is 10.8. The molecule has 0 radical (unpaired) electrons. The van der Waals surface area contributed by atoms with Crippen molar-refractivity contribution in [3.05, 3.63) is 71.7 Å². The van der Waals surface area contributed by atoms with Gasteiger partial charge >= 0.3 is 0 Å². The number of hydrogen-bond acceptors (Lipinski definition) is 3. The van der Waals surface area contributed by atoms with Crippen LogP contribution < -0.4 is 0 Å². The first-order chi connectivity index (χ1) is 15.0. The Kier molecular flexibility index (Phi) is 6.34. The van der Waals surface area contributed by atoms with Crippen LogP contribution in [-0.4, -0.2) is 47.0 Å². The van der Waals surface area contributed by atoms with E-state index in [9.17, 15) is 9.18 Å². The second-order valence-corrected chi connectivity index (χ2v) is 8.29. The number of nitrogens with zero attached hydrogens (tertiary/aromatic N) is 4. The van der Waals surface area contributed by atoms with Crippen LogP contribution in [0.5, 0.6) is 0 Å². The van der Waals surface area contributed by atoms with Crippen molar-refractivity contribution < 1.29 is 9.18 Å². The number of benzene rings is 2. The van der Waals surface area contributed by atoms with E-state index in [0.29, 0.717) is 6.04 Å². The molecule has 0 atom stereocenters. The summed E-state index contributed by atoms with van der Waals surface area (Å²) in [6, 6.07) is 15.5. The van der Waals surface area contributed by atoms with Crippen LogP contribution >= 0.6 is 0 Å². The van der Waals surface area contributed by atoms with Gasteiger partial charge in [-0.15, -0.1) is 0 Å². The number of hydrogen-bond donors (Lipinski definition) is 0. The molecule has 1 aliphatic heterocycles. The zero-order valence-corrected chi connectivity index (χ0v) is 17.8. The van der Waals surface area contributed by atoms with Gasteiger partial charge in [0.05, 0.1) is 6.42 Å². The predicted octanol–water partition coefficient (Wildman–Crippen LogP) is 4.14. The van der Waals surface area contributed by atoms with Crippen molar-refractivity contribution in [3.63, 3.8) is 0 Å². The molecule has 4 rings (SSSR count). The molecule has 1 aromatic heterocycles. The zero-order chi connectivity index (χ0) is 21.8. The number of carbonyl (C=O) groups is 1. The lowest BCUT2D eigenvalue weighted by Crippen LogP contribution is -2.35. The molecule has 2 heterocycles. The second-order valence-electron chi connectivity index (χ2n) is 8.29. The Balaban J connectivity index is 1.38. The topological polar surface area (TPSA) is 52.3 Å². The molecule has 6 heteroatoms. The maximum absolute atomic E-state index is 13.1. The molecule has 31 heavy (non-hydrogen) atoms. The van der Waals surface area contributed by atoms with Crippen molar-refractivity contribution in [3.8, 4) is 6.19 Å². The average molecular weight is 419 g/mol. The molecular formula is C25H27FN4O. The molecule has 0 aliphatic carbocycles. The molecule has 0 spiro atoms. The van der Waals surface area contributed by atoms with Gasteiger partial charge in [0, 0.05) is 44.4 Å². The molecule has 3 aromatic rings. The van der Waals surface area contributed by atoms with Crippen LogP contribution in [0, 0.1) is 17.3 Å². The Morgan fingerprint density at radius 2 is 1.84 bits per heavy atom. The summed E-state index contributed by atoms with van der Waals surface area (Å²) in [5.74, 6) is -0.387. The first-order valence-electron chi connectivity index (χ1n) is 10.8. The predicted molar refractivity (Wildman–Crippen MR) is 119 cm³/mol. The molecule has 160 valence electrons. The number of fused-ring (bicyclic) bond motifs is 1. The quantitative estimate of drug-likeness (QED) is 0.447. The van der Waals surface area contributed by atoms with E-state index in [1.54, 1.807) is 0 Å². The molecule has 5 nitrogen and oxygen atoms in total. The summed E-state index contributed by atoms with van der Waals surface area (Å²) < 4.78 is 15.4. The van der Waals surface area contributed by atoms with E-state index in [1.807, 2.05) is 24.4 Å². The smallest absolute Gasteiger partial charge is 0.239 e. The Morgan fingerprint density at radius 1 is 1.13 bits per heavy atom. The minimum atomic E-state index is -0.200. The number of carbonyl (C=O) groups excluding carboxylic acids is 1. The Morgan fingerprint density at radius 3 is 2.55 bits per heavy atom. The molecular weight excluding hydrogens is 391 g/mol. The van der Waals surface area contributed by atoms with E-state index in [4.69, 9.17) is 5.26 Å². The van der Waals surface area contributed by atoms with Gasteiger partial charge < -0.3 is 9.47 Å². The Labute approximate surface area is 182 Å². The highest BCUT2D eigenvalue weighted by molar-refractivity contribution is 5.84. The third-order valence-electron chi connectivity index (χ3n) is 6.25. The van der Waals surface area contributed by atoms with Gasteiger partial charge in [0.15, 0.2) is 6.19 Å². The second kappa shape index (κ2) is 9.32. The van der Waals surface area contributed by atoms with Crippen LogP contribution in [0.2, 0.25) is 0 Å². The van der Waals surface area contributed by atoms with Crippen molar-refractivity contribution in [1.82, 2.24) is 14.4 Å². The van der Waals surface area contributed by atoms with Crippen LogP contribution in [0.1, 0.15) is 30.0 Å². The number of piperidine rings is 1. The van der Waals surface area contributed by atoms with Crippen molar-refractivity contribution in [2.24, 2.45) is 0 Å². The van der Waals surface area contributed by atoms with Crippen LogP contribution in [0.15, 0.2) is 54.7 Å². The molecule has 1 aliphatic rings. The lowest BCUT2D eigenvalue weighted by Gasteiger charge is -2.33.